The number of carbonyl (C=O) groups excluding carboxylic acids is 1. The summed E-state index contributed by atoms with van der Waals surface area (Å²) in [7, 11) is 0. The van der Waals surface area contributed by atoms with Crippen LogP contribution < -0.4 is 0 Å². The summed E-state index contributed by atoms with van der Waals surface area (Å²) in [5.41, 5.74) is 2.39. The molecule has 0 bridgehead atoms. The van der Waals surface area contributed by atoms with Gasteiger partial charge in [-0.15, -0.1) is 0 Å². The van der Waals surface area contributed by atoms with E-state index in [1.54, 1.807) is 6.08 Å². The first kappa shape index (κ1) is 15.8. The van der Waals surface area contributed by atoms with Gasteiger partial charge in [-0.3, -0.25) is 0 Å². The van der Waals surface area contributed by atoms with Gasteiger partial charge in [-0.05, 0) is 41.9 Å². The van der Waals surface area contributed by atoms with Crippen LogP contribution in [0.4, 0.5) is 0 Å². The molecule has 21 heavy (non-hydrogen) atoms. The molecule has 0 unspecified atom stereocenters. The highest BCUT2D eigenvalue weighted by Gasteiger charge is 2.19. The van der Waals surface area contributed by atoms with E-state index in [0.29, 0.717) is 5.92 Å². The van der Waals surface area contributed by atoms with Crippen LogP contribution in [0.25, 0.3) is 6.08 Å². The summed E-state index contributed by atoms with van der Waals surface area (Å²) in [5, 5.41) is 8.57. The first-order chi connectivity index (χ1) is 10.2. The van der Waals surface area contributed by atoms with E-state index < -0.39 is 5.97 Å². The number of aliphatic hydroxyl groups is 1. The van der Waals surface area contributed by atoms with Crippen molar-refractivity contribution in [1.82, 2.24) is 0 Å². The van der Waals surface area contributed by atoms with E-state index >= 15 is 0 Å². The lowest BCUT2D eigenvalue weighted by atomic mass is 9.79. The maximum Gasteiger partial charge on any atom is 0.330 e. The van der Waals surface area contributed by atoms with Gasteiger partial charge in [0, 0.05) is 6.08 Å². The number of carbonyl (C=O) groups is 1. The summed E-state index contributed by atoms with van der Waals surface area (Å²) in [6.45, 7) is 2.23. The van der Waals surface area contributed by atoms with Crippen molar-refractivity contribution in [3.8, 4) is 0 Å². The molecule has 1 aliphatic carbocycles. The molecular formula is C18H24O3. The molecule has 1 fully saturated rings. The molecule has 3 nitrogen and oxygen atoms in total. The van der Waals surface area contributed by atoms with Gasteiger partial charge in [0.2, 0.25) is 0 Å². The number of benzene rings is 1. The third-order valence-corrected chi connectivity index (χ3v) is 4.17. The van der Waals surface area contributed by atoms with Crippen LogP contribution in [-0.4, -0.2) is 24.3 Å². The van der Waals surface area contributed by atoms with Crippen LogP contribution in [0.5, 0.6) is 0 Å². The zero-order chi connectivity index (χ0) is 15.1. The number of ether oxygens (including phenoxy) is 1. The largest absolute Gasteiger partial charge is 0.460 e. The summed E-state index contributed by atoms with van der Waals surface area (Å²) in [4.78, 5) is 11.3. The van der Waals surface area contributed by atoms with Crippen LogP contribution in [0, 0.1) is 5.92 Å². The molecule has 0 saturated heterocycles. The topological polar surface area (TPSA) is 46.5 Å². The van der Waals surface area contributed by atoms with Gasteiger partial charge in [0.1, 0.15) is 6.61 Å². The molecule has 2 rings (SSSR count). The smallest absolute Gasteiger partial charge is 0.330 e. The summed E-state index contributed by atoms with van der Waals surface area (Å²) >= 11 is 0. The molecule has 1 N–H and O–H groups in total. The summed E-state index contributed by atoms with van der Waals surface area (Å²) < 4.78 is 4.77. The second-order valence-electron chi connectivity index (χ2n) is 5.85. The fourth-order valence-corrected chi connectivity index (χ4v) is 2.83. The Labute approximate surface area is 126 Å². The molecule has 0 heterocycles. The molecule has 1 aromatic carbocycles. The Balaban J connectivity index is 1.90. The molecule has 114 valence electrons. The van der Waals surface area contributed by atoms with E-state index in [1.165, 1.54) is 37.3 Å². The number of hydrogen-bond acceptors (Lipinski definition) is 3. The van der Waals surface area contributed by atoms with Crippen LogP contribution in [0.1, 0.15) is 49.7 Å². The SMILES string of the molecule is CC1CCC(c2ccc(/C=C/C(=O)OCCO)cc2)CC1. The summed E-state index contributed by atoms with van der Waals surface area (Å²) in [6, 6.07) is 8.42. The monoisotopic (exact) mass is 288 g/mol. The summed E-state index contributed by atoms with van der Waals surface area (Å²) in [6.07, 6.45) is 8.35. The molecule has 0 aliphatic heterocycles. The maximum absolute atomic E-state index is 11.3. The van der Waals surface area contributed by atoms with Crippen molar-refractivity contribution >= 4 is 12.0 Å². The lowest BCUT2D eigenvalue weighted by Crippen LogP contribution is -2.10. The zero-order valence-electron chi connectivity index (χ0n) is 12.6. The van der Waals surface area contributed by atoms with E-state index in [9.17, 15) is 4.79 Å². The molecule has 0 amide bonds. The van der Waals surface area contributed by atoms with Crippen LogP contribution in [0.15, 0.2) is 30.3 Å². The predicted molar refractivity (Wildman–Crippen MR) is 83.9 cm³/mol. The van der Waals surface area contributed by atoms with Gasteiger partial charge < -0.3 is 9.84 Å². The number of hydrogen-bond donors (Lipinski definition) is 1. The van der Waals surface area contributed by atoms with Crippen molar-refractivity contribution in [1.29, 1.82) is 0 Å². The average Bonchev–Trinajstić information content (AvgIpc) is 2.52. The molecule has 0 spiro atoms. The fraction of sp³-hybridized carbons (Fsp3) is 0.500. The second kappa shape index (κ2) is 7.99. The molecule has 0 aromatic heterocycles. The van der Waals surface area contributed by atoms with Crippen LogP contribution in [-0.2, 0) is 9.53 Å². The van der Waals surface area contributed by atoms with Crippen LogP contribution in [0.3, 0.4) is 0 Å². The van der Waals surface area contributed by atoms with Crippen molar-refractivity contribution in [3.05, 3.63) is 41.5 Å². The van der Waals surface area contributed by atoms with Gasteiger partial charge in [0.05, 0.1) is 6.61 Å². The van der Waals surface area contributed by atoms with Crippen molar-refractivity contribution < 1.29 is 14.6 Å². The quantitative estimate of drug-likeness (QED) is 0.666. The molecule has 1 aromatic rings. The van der Waals surface area contributed by atoms with E-state index in [0.717, 1.165) is 11.5 Å². The minimum atomic E-state index is -0.422. The van der Waals surface area contributed by atoms with Gasteiger partial charge in [-0.1, -0.05) is 44.0 Å². The molecule has 3 heteroatoms. The third-order valence-electron chi connectivity index (χ3n) is 4.17. The van der Waals surface area contributed by atoms with Crippen molar-refractivity contribution in [2.45, 2.75) is 38.5 Å². The number of aliphatic hydroxyl groups excluding tert-OH is 1. The summed E-state index contributed by atoms with van der Waals surface area (Å²) in [5.74, 6) is 1.14. The van der Waals surface area contributed by atoms with Gasteiger partial charge in [0.15, 0.2) is 0 Å². The lowest BCUT2D eigenvalue weighted by molar-refractivity contribution is -0.138. The molecule has 1 saturated carbocycles. The van der Waals surface area contributed by atoms with Crippen molar-refractivity contribution in [3.63, 3.8) is 0 Å². The third kappa shape index (κ3) is 5.01. The highest BCUT2D eigenvalue weighted by molar-refractivity contribution is 5.87. The van der Waals surface area contributed by atoms with Gasteiger partial charge >= 0.3 is 5.97 Å². The Morgan fingerprint density at radius 1 is 1.24 bits per heavy atom. The van der Waals surface area contributed by atoms with Gasteiger partial charge in [0.25, 0.3) is 0 Å². The van der Waals surface area contributed by atoms with Crippen LogP contribution >= 0.6 is 0 Å². The lowest BCUT2D eigenvalue weighted by Gasteiger charge is -2.26. The van der Waals surface area contributed by atoms with Gasteiger partial charge in [-0.2, -0.15) is 0 Å². The van der Waals surface area contributed by atoms with E-state index in [-0.39, 0.29) is 13.2 Å². The van der Waals surface area contributed by atoms with Crippen LogP contribution in [0.2, 0.25) is 0 Å². The Morgan fingerprint density at radius 2 is 1.90 bits per heavy atom. The molecule has 0 atom stereocenters. The Bertz CT molecular complexity index is 468. The normalized spacial score (nSPS) is 22.4. The molecular weight excluding hydrogens is 264 g/mol. The molecule has 1 aliphatic rings. The Morgan fingerprint density at radius 3 is 2.52 bits per heavy atom. The second-order valence-corrected chi connectivity index (χ2v) is 5.85. The highest BCUT2D eigenvalue weighted by atomic mass is 16.5. The highest BCUT2D eigenvalue weighted by Crippen LogP contribution is 2.35. The fourth-order valence-electron chi connectivity index (χ4n) is 2.83. The first-order valence-electron chi connectivity index (χ1n) is 7.74. The molecule has 0 radical (unpaired) electrons. The Hall–Kier alpha value is -1.61. The predicted octanol–water partition coefficient (Wildman–Crippen LogP) is 3.53. The van der Waals surface area contributed by atoms with Crippen molar-refractivity contribution in [2.24, 2.45) is 5.92 Å². The Kier molecular flexibility index (Phi) is 6.00. The minimum Gasteiger partial charge on any atom is -0.460 e. The zero-order valence-corrected chi connectivity index (χ0v) is 12.6. The number of rotatable bonds is 5. The van der Waals surface area contributed by atoms with Gasteiger partial charge in [-0.25, -0.2) is 4.79 Å². The number of esters is 1. The average molecular weight is 288 g/mol. The first-order valence-corrected chi connectivity index (χ1v) is 7.74. The minimum absolute atomic E-state index is 0.0439. The van der Waals surface area contributed by atoms with E-state index in [1.807, 2.05) is 12.1 Å². The van der Waals surface area contributed by atoms with E-state index in [2.05, 4.69) is 19.1 Å². The van der Waals surface area contributed by atoms with Crippen molar-refractivity contribution in [2.75, 3.05) is 13.2 Å². The van der Waals surface area contributed by atoms with E-state index in [4.69, 9.17) is 9.84 Å². The standard InChI is InChI=1S/C18H24O3/c1-14-2-7-16(8-3-14)17-9-4-15(5-10-17)6-11-18(20)21-13-12-19/h4-6,9-11,14,16,19H,2-3,7-8,12-13H2,1H3/b11-6+. The maximum atomic E-state index is 11.3.